The van der Waals surface area contributed by atoms with Crippen LogP contribution in [0, 0.1) is 0 Å². The number of rotatable bonds is 4. The molecule has 16 heavy (non-hydrogen) atoms. The molecule has 2 nitrogen and oxygen atoms in total. The average Bonchev–Trinajstić information content (AvgIpc) is 2.24. The SMILES string of the molecule is CC(SCc1cccc(Cl)c1)C(=O)N(C)C. The summed E-state index contributed by atoms with van der Waals surface area (Å²) in [5.74, 6) is 0.952. The third-order valence-corrected chi connectivity index (χ3v) is 3.61. The fourth-order valence-corrected chi connectivity index (χ4v) is 2.47. The number of carbonyl (C=O) groups is 1. The smallest absolute Gasteiger partial charge is 0.234 e. The maximum atomic E-state index is 11.6. The van der Waals surface area contributed by atoms with Crippen LogP contribution in [0.3, 0.4) is 0 Å². The van der Waals surface area contributed by atoms with E-state index >= 15 is 0 Å². The lowest BCUT2D eigenvalue weighted by molar-refractivity contribution is -0.127. The fraction of sp³-hybridized carbons (Fsp3) is 0.417. The Morgan fingerprint density at radius 3 is 2.75 bits per heavy atom. The summed E-state index contributed by atoms with van der Waals surface area (Å²) in [6, 6.07) is 7.73. The first-order chi connectivity index (χ1) is 7.50. The van der Waals surface area contributed by atoms with Gasteiger partial charge in [0.2, 0.25) is 5.91 Å². The number of thioether (sulfide) groups is 1. The van der Waals surface area contributed by atoms with Gasteiger partial charge in [-0.15, -0.1) is 11.8 Å². The van der Waals surface area contributed by atoms with Crippen LogP contribution in [0.4, 0.5) is 0 Å². The minimum Gasteiger partial charge on any atom is -0.348 e. The van der Waals surface area contributed by atoms with Crippen LogP contribution in [0.15, 0.2) is 24.3 Å². The second-order valence-electron chi connectivity index (χ2n) is 3.82. The summed E-state index contributed by atoms with van der Waals surface area (Å²) >= 11 is 7.51. The normalized spacial score (nSPS) is 12.2. The highest BCUT2D eigenvalue weighted by Gasteiger charge is 2.14. The molecule has 1 aromatic carbocycles. The summed E-state index contributed by atoms with van der Waals surface area (Å²) < 4.78 is 0. The molecule has 0 heterocycles. The van der Waals surface area contributed by atoms with Crippen molar-refractivity contribution < 1.29 is 4.79 Å². The van der Waals surface area contributed by atoms with Crippen LogP contribution in [0.1, 0.15) is 12.5 Å². The molecule has 0 aromatic heterocycles. The van der Waals surface area contributed by atoms with Gasteiger partial charge >= 0.3 is 0 Å². The largest absolute Gasteiger partial charge is 0.348 e. The summed E-state index contributed by atoms with van der Waals surface area (Å²) in [6.45, 7) is 1.93. The Kier molecular flexibility index (Phi) is 5.16. The lowest BCUT2D eigenvalue weighted by atomic mass is 10.2. The second kappa shape index (κ2) is 6.16. The average molecular weight is 258 g/mol. The quantitative estimate of drug-likeness (QED) is 0.826. The number of nitrogens with zero attached hydrogens (tertiary/aromatic N) is 1. The number of hydrogen-bond acceptors (Lipinski definition) is 2. The zero-order chi connectivity index (χ0) is 12.1. The predicted octanol–water partition coefficient (Wildman–Crippen LogP) is 3.05. The Morgan fingerprint density at radius 2 is 2.19 bits per heavy atom. The van der Waals surface area contributed by atoms with Crippen LogP contribution in [-0.4, -0.2) is 30.2 Å². The molecule has 0 radical (unpaired) electrons. The second-order valence-corrected chi connectivity index (χ2v) is 5.58. The van der Waals surface area contributed by atoms with Crippen molar-refractivity contribution in [3.8, 4) is 0 Å². The molecule has 1 atom stereocenters. The van der Waals surface area contributed by atoms with E-state index in [1.807, 2.05) is 31.2 Å². The maximum Gasteiger partial charge on any atom is 0.234 e. The first kappa shape index (κ1) is 13.4. The van der Waals surface area contributed by atoms with Crippen molar-refractivity contribution in [2.45, 2.75) is 17.9 Å². The van der Waals surface area contributed by atoms with Crippen LogP contribution in [0.2, 0.25) is 5.02 Å². The van der Waals surface area contributed by atoms with Gasteiger partial charge in [0, 0.05) is 24.9 Å². The first-order valence-electron chi connectivity index (χ1n) is 5.08. The van der Waals surface area contributed by atoms with Crippen molar-refractivity contribution in [3.05, 3.63) is 34.9 Å². The van der Waals surface area contributed by atoms with E-state index in [9.17, 15) is 4.79 Å². The van der Waals surface area contributed by atoms with Gasteiger partial charge in [0.05, 0.1) is 5.25 Å². The van der Waals surface area contributed by atoms with Crippen LogP contribution < -0.4 is 0 Å². The van der Waals surface area contributed by atoms with Crippen LogP contribution in [-0.2, 0) is 10.5 Å². The number of benzene rings is 1. The molecule has 0 fully saturated rings. The Balaban J connectivity index is 2.49. The van der Waals surface area contributed by atoms with Gasteiger partial charge in [-0.05, 0) is 24.6 Å². The van der Waals surface area contributed by atoms with Crippen molar-refractivity contribution in [3.63, 3.8) is 0 Å². The molecule has 1 rings (SSSR count). The van der Waals surface area contributed by atoms with Gasteiger partial charge < -0.3 is 4.90 Å². The summed E-state index contributed by atoms with van der Waals surface area (Å²) in [5.41, 5.74) is 1.15. The first-order valence-corrected chi connectivity index (χ1v) is 6.50. The predicted molar refractivity (Wildman–Crippen MR) is 70.9 cm³/mol. The Bertz CT molecular complexity index is 368. The third kappa shape index (κ3) is 4.06. The maximum absolute atomic E-state index is 11.6. The standard InChI is InChI=1S/C12H16ClNOS/c1-9(12(15)14(2)3)16-8-10-5-4-6-11(13)7-10/h4-7,9H,8H2,1-3H3. The van der Waals surface area contributed by atoms with Crippen LogP contribution in [0.5, 0.6) is 0 Å². The Hall–Kier alpha value is -0.670. The molecule has 0 spiro atoms. The number of amides is 1. The molecule has 0 aliphatic heterocycles. The molecule has 4 heteroatoms. The van der Waals surface area contributed by atoms with Gasteiger partial charge in [0.15, 0.2) is 0 Å². The van der Waals surface area contributed by atoms with Gasteiger partial charge in [-0.1, -0.05) is 23.7 Å². The van der Waals surface area contributed by atoms with Gasteiger partial charge in [0.25, 0.3) is 0 Å². The molecule has 0 N–H and O–H groups in total. The van der Waals surface area contributed by atoms with Gasteiger partial charge in [-0.3, -0.25) is 4.79 Å². The zero-order valence-electron chi connectivity index (χ0n) is 9.74. The number of halogens is 1. The number of hydrogen-bond donors (Lipinski definition) is 0. The highest BCUT2D eigenvalue weighted by atomic mass is 35.5. The van der Waals surface area contributed by atoms with E-state index in [0.717, 1.165) is 16.3 Å². The van der Waals surface area contributed by atoms with Crippen LogP contribution >= 0.6 is 23.4 Å². The molecule has 88 valence electrons. The van der Waals surface area contributed by atoms with Crippen molar-refractivity contribution in [2.24, 2.45) is 0 Å². The van der Waals surface area contributed by atoms with Gasteiger partial charge in [0.1, 0.15) is 0 Å². The highest BCUT2D eigenvalue weighted by molar-refractivity contribution is 7.99. The van der Waals surface area contributed by atoms with E-state index in [2.05, 4.69) is 0 Å². The van der Waals surface area contributed by atoms with Crippen molar-refractivity contribution in [1.29, 1.82) is 0 Å². The topological polar surface area (TPSA) is 20.3 Å². The molecule has 1 aromatic rings. The van der Waals surface area contributed by atoms with Crippen molar-refractivity contribution in [2.75, 3.05) is 14.1 Å². The lowest BCUT2D eigenvalue weighted by Gasteiger charge is -2.16. The molecule has 0 aliphatic rings. The molecule has 1 unspecified atom stereocenters. The number of carbonyl (C=O) groups excluding carboxylic acids is 1. The summed E-state index contributed by atoms with van der Waals surface area (Å²) in [5, 5.41) is 0.721. The monoisotopic (exact) mass is 257 g/mol. The highest BCUT2D eigenvalue weighted by Crippen LogP contribution is 2.20. The Morgan fingerprint density at radius 1 is 1.50 bits per heavy atom. The Labute approximate surface area is 106 Å². The van der Waals surface area contributed by atoms with E-state index in [0.29, 0.717) is 0 Å². The minimum absolute atomic E-state index is 0.0195. The van der Waals surface area contributed by atoms with Crippen LogP contribution in [0.25, 0.3) is 0 Å². The summed E-state index contributed by atoms with van der Waals surface area (Å²) in [6.07, 6.45) is 0. The van der Waals surface area contributed by atoms with Crippen molar-refractivity contribution >= 4 is 29.3 Å². The zero-order valence-corrected chi connectivity index (χ0v) is 11.3. The van der Waals surface area contributed by atoms with E-state index in [1.54, 1.807) is 30.8 Å². The minimum atomic E-state index is -0.0195. The van der Waals surface area contributed by atoms with E-state index < -0.39 is 0 Å². The molecule has 0 bridgehead atoms. The summed E-state index contributed by atoms with van der Waals surface area (Å²) in [7, 11) is 3.55. The van der Waals surface area contributed by atoms with E-state index in [-0.39, 0.29) is 11.2 Å². The fourth-order valence-electron chi connectivity index (χ4n) is 1.28. The van der Waals surface area contributed by atoms with E-state index in [4.69, 9.17) is 11.6 Å². The summed E-state index contributed by atoms with van der Waals surface area (Å²) in [4.78, 5) is 13.2. The van der Waals surface area contributed by atoms with Gasteiger partial charge in [-0.2, -0.15) is 0 Å². The molecule has 1 amide bonds. The van der Waals surface area contributed by atoms with Crippen molar-refractivity contribution in [1.82, 2.24) is 4.90 Å². The van der Waals surface area contributed by atoms with E-state index in [1.165, 1.54) is 0 Å². The molecule has 0 aliphatic carbocycles. The van der Waals surface area contributed by atoms with Gasteiger partial charge in [-0.25, -0.2) is 0 Å². The molecule has 0 saturated heterocycles. The molecule has 0 saturated carbocycles. The third-order valence-electron chi connectivity index (χ3n) is 2.18. The molecular weight excluding hydrogens is 242 g/mol. The molecular formula is C12H16ClNOS. The lowest BCUT2D eigenvalue weighted by Crippen LogP contribution is -2.29.